The van der Waals surface area contributed by atoms with Crippen LogP contribution in [0, 0.1) is 17.7 Å². The van der Waals surface area contributed by atoms with E-state index in [4.69, 9.17) is 5.73 Å². The number of amides is 1. The Labute approximate surface area is 143 Å². The van der Waals surface area contributed by atoms with Crippen molar-refractivity contribution in [2.45, 2.75) is 13.3 Å². The number of nitrogens with two attached hydrogens (primary N) is 1. The zero-order valence-electron chi connectivity index (χ0n) is 12.6. The van der Waals surface area contributed by atoms with Crippen LogP contribution in [0.15, 0.2) is 24.3 Å². The van der Waals surface area contributed by atoms with Crippen LogP contribution < -0.4 is 16.0 Å². The number of hydrogen-bond donors (Lipinski definition) is 2. The standard InChI is InChI=1S/C15H22FN3O.2ClH/c1-11(8-17)15(20)18-9-12-6-7-19(10-12)14-4-2-13(16)3-5-14;;/h2-5,11-12H,6-10,17H2,1H3,(H,18,20);2*1H. The molecule has 1 heterocycles. The largest absolute Gasteiger partial charge is 0.371 e. The van der Waals surface area contributed by atoms with Crippen LogP contribution >= 0.6 is 24.8 Å². The molecule has 0 saturated carbocycles. The molecule has 0 spiro atoms. The maximum atomic E-state index is 12.9. The molecule has 0 aromatic heterocycles. The summed E-state index contributed by atoms with van der Waals surface area (Å²) in [6.07, 6.45) is 1.04. The molecule has 2 atom stereocenters. The maximum absolute atomic E-state index is 12.9. The summed E-state index contributed by atoms with van der Waals surface area (Å²) < 4.78 is 12.9. The third-order valence-corrected chi connectivity index (χ3v) is 3.84. The Morgan fingerprint density at radius 1 is 1.41 bits per heavy atom. The van der Waals surface area contributed by atoms with E-state index in [0.717, 1.165) is 25.2 Å². The van der Waals surface area contributed by atoms with Gasteiger partial charge in [-0.25, -0.2) is 4.39 Å². The highest BCUT2D eigenvalue weighted by Crippen LogP contribution is 2.23. The zero-order chi connectivity index (χ0) is 14.5. The van der Waals surface area contributed by atoms with Crippen molar-refractivity contribution in [2.75, 3.05) is 31.1 Å². The predicted octanol–water partition coefficient (Wildman–Crippen LogP) is 2.21. The molecule has 0 radical (unpaired) electrons. The molecule has 2 rings (SSSR count). The number of nitrogens with zero attached hydrogens (tertiary/aromatic N) is 1. The van der Waals surface area contributed by atoms with Crippen molar-refractivity contribution in [3.05, 3.63) is 30.1 Å². The summed E-state index contributed by atoms with van der Waals surface area (Å²) in [6.45, 7) is 4.72. The van der Waals surface area contributed by atoms with E-state index in [-0.39, 0.29) is 42.5 Å². The van der Waals surface area contributed by atoms with Crippen LogP contribution in [-0.4, -0.2) is 32.1 Å². The average molecular weight is 352 g/mol. The van der Waals surface area contributed by atoms with E-state index in [1.165, 1.54) is 12.1 Å². The number of rotatable bonds is 5. The average Bonchev–Trinajstić information content (AvgIpc) is 2.93. The Balaban J connectivity index is 0.00000220. The first-order valence-electron chi connectivity index (χ1n) is 7.08. The highest BCUT2D eigenvalue weighted by atomic mass is 35.5. The Morgan fingerprint density at radius 2 is 2.05 bits per heavy atom. The summed E-state index contributed by atoms with van der Waals surface area (Å²) in [5.74, 6) is 0.110. The van der Waals surface area contributed by atoms with Gasteiger partial charge >= 0.3 is 0 Å². The number of anilines is 1. The van der Waals surface area contributed by atoms with Gasteiger partial charge in [0.05, 0.1) is 0 Å². The summed E-state index contributed by atoms with van der Waals surface area (Å²) in [6, 6.07) is 6.56. The summed E-state index contributed by atoms with van der Waals surface area (Å²) in [5, 5.41) is 2.95. The Hall–Kier alpha value is -1.04. The van der Waals surface area contributed by atoms with E-state index in [1.54, 1.807) is 12.1 Å². The summed E-state index contributed by atoms with van der Waals surface area (Å²) >= 11 is 0. The number of carbonyl (C=O) groups excluding carboxylic acids is 1. The van der Waals surface area contributed by atoms with E-state index in [9.17, 15) is 9.18 Å². The molecule has 3 N–H and O–H groups in total. The Kier molecular flexibility index (Phi) is 9.41. The highest BCUT2D eigenvalue weighted by Gasteiger charge is 2.23. The first-order valence-corrected chi connectivity index (χ1v) is 7.08. The fourth-order valence-electron chi connectivity index (χ4n) is 2.41. The minimum atomic E-state index is -0.215. The summed E-state index contributed by atoms with van der Waals surface area (Å²) in [4.78, 5) is 13.9. The predicted molar refractivity (Wildman–Crippen MR) is 92.4 cm³/mol. The van der Waals surface area contributed by atoms with Crippen LogP contribution in [0.4, 0.5) is 10.1 Å². The lowest BCUT2D eigenvalue weighted by atomic mass is 10.1. The molecule has 0 bridgehead atoms. The van der Waals surface area contributed by atoms with Crippen LogP contribution in [0.3, 0.4) is 0 Å². The van der Waals surface area contributed by atoms with Gasteiger partial charge in [-0.1, -0.05) is 6.92 Å². The monoisotopic (exact) mass is 351 g/mol. The van der Waals surface area contributed by atoms with E-state index in [2.05, 4.69) is 10.2 Å². The number of carbonyl (C=O) groups is 1. The van der Waals surface area contributed by atoms with Gasteiger partial charge in [0.1, 0.15) is 5.82 Å². The van der Waals surface area contributed by atoms with Crippen molar-refractivity contribution >= 4 is 36.4 Å². The second-order valence-electron chi connectivity index (χ2n) is 5.46. The lowest BCUT2D eigenvalue weighted by Crippen LogP contribution is -2.36. The second kappa shape index (κ2) is 9.87. The number of benzene rings is 1. The van der Waals surface area contributed by atoms with Crippen molar-refractivity contribution in [2.24, 2.45) is 17.6 Å². The molecule has 1 fully saturated rings. The molecule has 7 heteroatoms. The van der Waals surface area contributed by atoms with Crippen molar-refractivity contribution in [3.8, 4) is 0 Å². The lowest BCUT2D eigenvalue weighted by molar-refractivity contribution is -0.124. The van der Waals surface area contributed by atoms with Crippen LogP contribution in [-0.2, 0) is 4.79 Å². The van der Waals surface area contributed by atoms with Gasteiger partial charge < -0.3 is 16.0 Å². The second-order valence-corrected chi connectivity index (χ2v) is 5.46. The van der Waals surface area contributed by atoms with Crippen molar-refractivity contribution in [1.82, 2.24) is 5.32 Å². The van der Waals surface area contributed by atoms with Gasteiger partial charge in [0.25, 0.3) is 0 Å². The molecular weight excluding hydrogens is 328 g/mol. The summed E-state index contributed by atoms with van der Waals surface area (Å²) in [7, 11) is 0. The topological polar surface area (TPSA) is 58.4 Å². The smallest absolute Gasteiger partial charge is 0.224 e. The fourth-order valence-corrected chi connectivity index (χ4v) is 2.41. The molecule has 1 aliphatic rings. The van der Waals surface area contributed by atoms with Gasteiger partial charge in [-0.2, -0.15) is 0 Å². The quantitative estimate of drug-likeness (QED) is 0.854. The minimum Gasteiger partial charge on any atom is -0.371 e. The van der Waals surface area contributed by atoms with Crippen LogP contribution in [0.2, 0.25) is 0 Å². The highest BCUT2D eigenvalue weighted by molar-refractivity contribution is 5.85. The van der Waals surface area contributed by atoms with Gasteiger partial charge in [-0.3, -0.25) is 4.79 Å². The number of hydrogen-bond acceptors (Lipinski definition) is 3. The normalized spacial score (nSPS) is 18.1. The van der Waals surface area contributed by atoms with Gasteiger partial charge in [-0.15, -0.1) is 24.8 Å². The Morgan fingerprint density at radius 3 is 2.64 bits per heavy atom. The van der Waals surface area contributed by atoms with Gasteiger partial charge in [0.2, 0.25) is 5.91 Å². The first-order chi connectivity index (χ1) is 9.60. The van der Waals surface area contributed by atoms with Crippen molar-refractivity contribution in [3.63, 3.8) is 0 Å². The van der Waals surface area contributed by atoms with Gasteiger partial charge in [0.15, 0.2) is 0 Å². The van der Waals surface area contributed by atoms with E-state index < -0.39 is 0 Å². The lowest BCUT2D eigenvalue weighted by Gasteiger charge is -2.19. The van der Waals surface area contributed by atoms with Crippen molar-refractivity contribution < 1.29 is 9.18 Å². The molecule has 22 heavy (non-hydrogen) atoms. The van der Waals surface area contributed by atoms with E-state index in [0.29, 0.717) is 19.0 Å². The van der Waals surface area contributed by atoms with Crippen molar-refractivity contribution in [1.29, 1.82) is 0 Å². The van der Waals surface area contributed by atoms with Gasteiger partial charge in [0, 0.05) is 37.8 Å². The molecule has 1 amide bonds. The molecule has 0 aliphatic carbocycles. The third kappa shape index (κ3) is 5.63. The molecule has 1 aromatic rings. The molecular formula is C15H24Cl2FN3O. The molecule has 1 aliphatic heterocycles. The zero-order valence-corrected chi connectivity index (χ0v) is 14.3. The molecule has 1 aromatic carbocycles. The molecule has 4 nitrogen and oxygen atoms in total. The van der Waals surface area contributed by atoms with E-state index in [1.807, 2.05) is 6.92 Å². The van der Waals surface area contributed by atoms with E-state index >= 15 is 0 Å². The third-order valence-electron chi connectivity index (χ3n) is 3.84. The van der Waals surface area contributed by atoms with Crippen LogP contribution in [0.1, 0.15) is 13.3 Å². The summed E-state index contributed by atoms with van der Waals surface area (Å²) in [5.41, 5.74) is 6.50. The minimum absolute atomic E-state index is 0. The number of halogens is 3. The first kappa shape index (κ1) is 21.0. The number of nitrogens with one attached hydrogen (secondary N) is 1. The maximum Gasteiger partial charge on any atom is 0.224 e. The van der Waals surface area contributed by atoms with Gasteiger partial charge in [-0.05, 0) is 36.6 Å². The SMILES string of the molecule is CC(CN)C(=O)NCC1CCN(c2ccc(F)cc2)C1.Cl.Cl. The Bertz CT molecular complexity index is 459. The van der Waals surface area contributed by atoms with Crippen LogP contribution in [0.25, 0.3) is 0 Å². The molecule has 126 valence electrons. The molecule has 2 unspecified atom stereocenters. The fraction of sp³-hybridized carbons (Fsp3) is 0.533. The molecule has 1 saturated heterocycles. The van der Waals surface area contributed by atoms with Crippen LogP contribution in [0.5, 0.6) is 0 Å².